The number of hydrogen-bond acceptors (Lipinski definition) is 5. The van der Waals surface area contributed by atoms with Gasteiger partial charge in [0.25, 0.3) is 0 Å². The van der Waals surface area contributed by atoms with E-state index in [1.54, 1.807) is 12.1 Å². The minimum absolute atomic E-state index is 0.147. The number of hydrogen-bond donors (Lipinski definition) is 2. The molecule has 0 bridgehead atoms. The first-order chi connectivity index (χ1) is 8.58. The third kappa shape index (κ3) is 2.95. The van der Waals surface area contributed by atoms with E-state index in [2.05, 4.69) is 19.4 Å². The van der Waals surface area contributed by atoms with Crippen LogP contribution in [-0.2, 0) is 4.79 Å². The molecule has 0 fully saturated rings. The second-order valence-electron chi connectivity index (χ2n) is 4.14. The molecule has 2 N–H and O–H groups in total. The van der Waals surface area contributed by atoms with Gasteiger partial charge in [-0.2, -0.15) is 8.75 Å². The van der Waals surface area contributed by atoms with Crippen LogP contribution in [0.15, 0.2) is 12.1 Å². The molecule has 0 spiro atoms. The first-order valence-electron chi connectivity index (χ1n) is 5.52. The number of fused-ring (bicyclic) bond motifs is 1. The molecule has 1 aromatic heterocycles. The predicted molar refractivity (Wildman–Crippen MR) is 74.2 cm³/mol. The number of carbonyl (C=O) groups is 1. The van der Waals surface area contributed by atoms with Crippen molar-refractivity contribution in [3.05, 3.63) is 17.2 Å². The van der Waals surface area contributed by atoms with Crippen LogP contribution in [0.1, 0.15) is 13.8 Å². The number of nitrogens with zero attached hydrogens (tertiary/aromatic N) is 2. The summed E-state index contributed by atoms with van der Waals surface area (Å²) >= 11 is 7.16. The highest BCUT2D eigenvalue weighted by molar-refractivity contribution is 7.00. The van der Waals surface area contributed by atoms with Gasteiger partial charge in [0.1, 0.15) is 11.0 Å². The van der Waals surface area contributed by atoms with Crippen molar-refractivity contribution in [2.24, 2.45) is 0 Å². The Hall–Kier alpha value is -1.24. The van der Waals surface area contributed by atoms with Crippen LogP contribution in [0.3, 0.4) is 0 Å². The molecular weight excluding hydrogens is 272 g/mol. The molecule has 0 atom stereocenters. The van der Waals surface area contributed by atoms with Gasteiger partial charge in [0.05, 0.1) is 29.0 Å². The Bertz CT molecular complexity index is 569. The van der Waals surface area contributed by atoms with Crippen LogP contribution in [0.5, 0.6) is 0 Å². The van der Waals surface area contributed by atoms with Gasteiger partial charge in [-0.05, 0) is 12.1 Å². The highest BCUT2D eigenvalue weighted by Crippen LogP contribution is 2.29. The lowest BCUT2D eigenvalue weighted by Gasteiger charge is -2.10. The molecule has 0 saturated heterocycles. The second-order valence-corrected chi connectivity index (χ2v) is 5.07. The van der Waals surface area contributed by atoms with E-state index in [-0.39, 0.29) is 18.5 Å². The highest BCUT2D eigenvalue weighted by atomic mass is 35.5. The molecule has 1 heterocycles. The first kappa shape index (κ1) is 13.2. The molecule has 5 nitrogen and oxygen atoms in total. The lowest BCUT2D eigenvalue weighted by Crippen LogP contribution is -2.32. The molecule has 7 heteroatoms. The van der Waals surface area contributed by atoms with Gasteiger partial charge in [0.15, 0.2) is 0 Å². The lowest BCUT2D eigenvalue weighted by atomic mass is 10.2. The number of anilines is 1. The van der Waals surface area contributed by atoms with Gasteiger partial charge in [0, 0.05) is 6.04 Å². The number of rotatable bonds is 4. The zero-order valence-corrected chi connectivity index (χ0v) is 11.6. The highest BCUT2D eigenvalue weighted by Gasteiger charge is 2.12. The van der Waals surface area contributed by atoms with Gasteiger partial charge < -0.3 is 10.6 Å². The van der Waals surface area contributed by atoms with Gasteiger partial charge in [-0.1, -0.05) is 25.4 Å². The minimum atomic E-state index is -0.147. The van der Waals surface area contributed by atoms with Crippen molar-refractivity contribution in [2.45, 2.75) is 19.9 Å². The van der Waals surface area contributed by atoms with Crippen molar-refractivity contribution in [1.82, 2.24) is 14.1 Å². The quantitative estimate of drug-likeness (QED) is 0.904. The van der Waals surface area contributed by atoms with Crippen LogP contribution >= 0.6 is 23.3 Å². The molecular formula is C11H13ClN4OS. The van der Waals surface area contributed by atoms with Crippen LogP contribution in [0.4, 0.5) is 5.69 Å². The molecule has 96 valence electrons. The molecule has 1 amide bonds. The Morgan fingerprint density at radius 2 is 2.22 bits per heavy atom. The summed E-state index contributed by atoms with van der Waals surface area (Å²) in [7, 11) is 0. The molecule has 2 rings (SSSR count). The Morgan fingerprint density at radius 1 is 1.44 bits per heavy atom. The number of halogens is 1. The fourth-order valence-electron chi connectivity index (χ4n) is 1.43. The van der Waals surface area contributed by atoms with Gasteiger partial charge in [-0.25, -0.2) is 0 Å². The van der Waals surface area contributed by atoms with Crippen LogP contribution < -0.4 is 10.6 Å². The number of aromatic nitrogens is 2. The van der Waals surface area contributed by atoms with Gasteiger partial charge >= 0.3 is 0 Å². The van der Waals surface area contributed by atoms with E-state index in [9.17, 15) is 4.79 Å². The molecule has 0 radical (unpaired) electrons. The van der Waals surface area contributed by atoms with Crippen molar-refractivity contribution in [2.75, 3.05) is 11.9 Å². The van der Waals surface area contributed by atoms with Crippen LogP contribution in [0, 0.1) is 0 Å². The summed E-state index contributed by atoms with van der Waals surface area (Å²) in [6, 6.07) is 3.74. The zero-order valence-electron chi connectivity index (χ0n) is 10.0. The fraction of sp³-hybridized carbons (Fsp3) is 0.364. The molecule has 0 aliphatic heterocycles. The van der Waals surface area contributed by atoms with Gasteiger partial charge in [0.2, 0.25) is 5.91 Å². The molecule has 0 aliphatic rings. The smallest absolute Gasteiger partial charge is 0.238 e. The summed E-state index contributed by atoms with van der Waals surface area (Å²) in [5, 5.41) is 6.27. The number of carbonyl (C=O) groups excluding carboxylic acids is 1. The van der Waals surface area contributed by atoms with Crippen molar-refractivity contribution < 1.29 is 4.79 Å². The van der Waals surface area contributed by atoms with E-state index >= 15 is 0 Å². The van der Waals surface area contributed by atoms with Gasteiger partial charge in [-0.15, -0.1) is 0 Å². The molecule has 1 aromatic carbocycles. The summed E-state index contributed by atoms with van der Waals surface area (Å²) in [5.41, 5.74) is 1.89. The van der Waals surface area contributed by atoms with Crippen LogP contribution in [0.25, 0.3) is 11.0 Å². The summed E-state index contributed by atoms with van der Waals surface area (Å²) in [4.78, 5) is 11.8. The fourth-order valence-corrected chi connectivity index (χ4v) is 2.17. The Kier molecular flexibility index (Phi) is 4.11. The maximum absolute atomic E-state index is 11.8. The van der Waals surface area contributed by atoms with E-state index < -0.39 is 0 Å². The summed E-state index contributed by atoms with van der Waals surface area (Å²) in [6.45, 7) is 4.19. The standard InChI is InChI=1S/C11H13ClN4OS/c1-6(2)13-5-9(17)14-10-7(12)3-4-8-11(10)16-18-15-8/h3-4,6,13H,5H2,1-2H3,(H,14,17). The van der Waals surface area contributed by atoms with E-state index in [0.29, 0.717) is 16.2 Å². The van der Waals surface area contributed by atoms with E-state index in [1.165, 1.54) is 0 Å². The van der Waals surface area contributed by atoms with Crippen molar-refractivity contribution in [3.63, 3.8) is 0 Å². The lowest BCUT2D eigenvalue weighted by molar-refractivity contribution is -0.115. The first-order valence-corrected chi connectivity index (χ1v) is 6.62. The number of benzene rings is 1. The maximum Gasteiger partial charge on any atom is 0.238 e. The van der Waals surface area contributed by atoms with Crippen molar-refractivity contribution >= 4 is 46.0 Å². The Morgan fingerprint density at radius 3 is 2.94 bits per heavy atom. The third-order valence-corrected chi connectivity index (χ3v) is 3.17. The van der Waals surface area contributed by atoms with Crippen molar-refractivity contribution in [3.8, 4) is 0 Å². The number of amides is 1. The maximum atomic E-state index is 11.8. The second kappa shape index (κ2) is 5.60. The average molecular weight is 285 g/mol. The Labute approximate surface area is 114 Å². The normalized spacial score (nSPS) is 11.1. The summed E-state index contributed by atoms with van der Waals surface area (Å²) < 4.78 is 8.25. The van der Waals surface area contributed by atoms with Crippen molar-refractivity contribution in [1.29, 1.82) is 0 Å². The largest absolute Gasteiger partial charge is 0.322 e. The summed E-state index contributed by atoms with van der Waals surface area (Å²) in [5.74, 6) is -0.147. The van der Waals surface area contributed by atoms with E-state index in [0.717, 1.165) is 17.2 Å². The van der Waals surface area contributed by atoms with E-state index in [4.69, 9.17) is 11.6 Å². The Balaban J connectivity index is 2.18. The topological polar surface area (TPSA) is 66.9 Å². The third-order valence-electron chi connectivity index (χ3n) is 2.31. The molecule has 18 heavy (non-hydrogen) atoms. The minimum Gasteiger partial charge on any atom is -0.322 e. The average Bonchev–Trinajstić information content (AvgIpc) is 2.78. The van der Waals surface area contributed by atoms with E-state index in [1.807, 2.05) is 13.8 Å². The molecule has 2 aromatic rings. The molecule has 0 saturated carbocycles. The van der Waals surface area contributed by atoms with Crippen LogP contribution in [-0.4, -0.2) is 27.2 Å². The number of nitrogens with one attached hydrogen (secondary N) is 2. The summed E-state index contributed by atoms with van der Waals surface area (Å²) in [6.07, 6.45) is 0. The zero-order chi connectivity index (χ0) is 13.1. The monoisotopic (exact) mass is 284 g/mol. The molecule has 0 aliphatic carbocycles. The molecule has 0 unspecified atom stereocenters. The van der Waals surface area contributed by atoms with Crippen LogP contribution in [0.2, 0.25) is 5.02 Å². The van der Waals surface area contributed by atoms with Gasteiger partial charge in [-0.3, -0.25) is 4.79 Å². The predicted octanol–water partition coefficient (Wildman–Crippen LogP) is 2.28. The SMILES string of the molecule is CC(C)NCC(=O)Nc1c(Cl)ccc2nsnc12.